The van der Waals surface area contributed by atoms with Gasteiger partial charge in [-0.05, 0) is 38.4 Å². The predicted molar refractivity (Wildman–Crippen MR) is 80.2 cm³/mol. The molecule has 0 bridgehead atoms. The van der Waals surface area contributed by atoms with Crippen LogP contribution in [0.4, 0.5) is 0 Å². The highest BCUT2D eigenvalue weighted by Crippen LogP contribution is 2.49. The van der Waals surface area contributed by atoms with Crippen molar-refractivity contribution < 1.29 is 4.79 Å². The van der Waals surface area contributed by atoms with Gasteiger partial charge >= 0.3 is 0 Å². The molecule has 0 aromatic carbocycles. The third-order valence-electron chi connectivity index (χ3n) is 5.21. The summed E-state index contributed by atoms with van der Waals surface area (Å²) in [7, 11) is 0. The van der Waals surface area contributed by atoms with Crippen molar-refractivity contribution in [2.24, 2.45) is 0 Å². The molecule has 4 heteroatoms. The SMILES string of the molecule is CCCC1NC2(CCCC2)C(=O)N1CC1(SC)CC1. The van der Waals surface area contributed by atoms with Gasteiger partial charge in [0.2, 0.25) is 5.91 Å². The molecule has 1 spiro atoms. The first-order chi connectivity index (χ1) is 9.15. The van der Waals surface area contributed by atoms with Crippen molar-refractivity contribution in [3.05, 3.63) is 0 Å². The molecule has 3 rings (SSSR count). The predicted octanol–water partition coefficient (Wildman–Crippen LogP) is 2.75. The Morgan fingerprint density at radius 3 is 2.53 bits per heavy atom. The van der Waals surface area contributed by atoms with E-state index in [-0.39, 0.29) is 5.54 Å². The van der Waals surface area contributed by atoms with Crippen molar-refractivity contribution in [1.29, 1.82) is 0 Å². The first-order valence-corrected chi connectivity index (χ1v) is 9.01. The molecule has 0 radical (unpaired) electrons. The molecule has 19 heavy (non-hydrogen) atoms. The molecule has 108 valence electrons. The van der Waals surface area contributed by atoms with Crippen LogP contribution in [-0.4, -0.2) is 40.1 Å². The molecule has 1 N–H and O–H groups in total. The highest BCUT2D eigenvalue weighted by molar-refractivity contribution is 8.00. The second-order valence-electron chi connectivity index (χ2n) is 6.56. The molecule has 3 aliphatic rings. The minimum atomic E-state index is -0.186. The average Bonchev–Trinajstić information content (AvgIpc) is 2.96. The molecule has 1 heterocycles. The molecular formula is C15H26N2OS. The lowest BCUT2D eigenvalue weighted by Gasteiger charge is -2.28. The van der Waals surface area contributed by atoms with Gasteiger partial charge in [-0.15, -0.1) is 0 Å². The van der Waals surface area contributed by atoms with Crippen LogP contribution in [0.5, 0.6) is 0 Å². The highest BCUT2D eigenvalue weighted by atomic mass is 32.2. The van der Waals surface area contributed by atoms with Crippen molar-refractivity contribution in [1.82, 2.24) is 10.2 Å². The van der Waals surface area contributed by atoms with E-state index in [1.165, 1.54) is 25.7 Å². The smallest absolute Gasteiger partial charge is 0.244 e. The van der Waals surface area contributed by atoms with Crippen molar-refractivity contribution in [3.63, 3.8) is 0 Å². The van der Waals surface area contributed by atoms with Gasteiger partial charge in [0.25, 0.3) is 0 Å². The van der Waals surface area contributed by atoms with Crippen LogP contribution in [0.3, 0.4) is 0 Å². The fourth-order valence-corrected chi connectivity index (χ4v) is 4.55. The van der Waals surface area contributed by atoms with Gasteiger partial charge in [0.15, 0.2) is 0 Å². The van der Waals surface area contributed by atoms with Gasteiger partial charge in [-0.25, -0.2) is 0 Å². The summed E-state index contributed by atoms with van der Waals surface area (Å²) in [6, 6.07) is 0. The molecule has 1 saturated heterocycles. The molecule has 3 nitrogen and oxygen atoms in total. The Kier molecular flexibility index (Phi) is 3.59. The van der Waals surface area contributed by atoms with Gasteiger partial charge in [0.1, 0.15) is 0 Å². The largest absolute Gasteiger partial charge is 0.324 e. The van der Waals surface area contributed by atoms with Crippen LogP contribution in [0.1, 0.15) is 58.3 Å². The fraction of sp³-hybridized carbons (Fsp3) is 0.933. The summed E-state index contributed by atoms with van der Waals surface area (Å²) in [5.74, 6) is 0.406. The van der Waals surface area contributed by atoms with E-state index in [4.69, 9.17) is 0 Å². The molecule has 1 atom stereocenters. The topological polar surface area (TPSA) is 32.3 Å². The van der Waals surface area contributed by atoms with E-state index in [9.17, 15) is 4.79 Å². The summed E-state index contributed by atoms with van der Waals surface area (Å²) in [5, 5.41) is 3.71. The molecule has 1 unspecified atom stereocenters. The number of hydrogen-bond donors (Lipinski definition) is 1. The monoisotopic (exact) mass is 282 g/mol. The molecule has 0 aromatic heterocycles. The van der Waals surface area contributed by atoms with Crippen LogP contribution in [-0.2, 0) is 4.79 Å². The van der Waals surface area contributed by atoms with Crippen LogP contribution in [0.2, 0.25) is 0 Å². The molecule has 2 saturated carbocycles. The third-order valence-corrected chi connectivity index (χ3v) is 6.61. The van der Waals surface area contributed by atoms with Gasteiger partial charge in [-0.1, -0.05) is 26.2 Å². The summed E-state index contributed by atoms with van der Waals surface area (Å²) in [6.45, 7) is 3.18. The number of nitrogens with one attached hydrogen (secondary N) is 1. The van der Waals surface area contributed by atoms with Crippen molar-refractivity contribution in [2.75, 3.05) is 12.8 Å². The molecule has 3 fully saturated rings. The van der Waals surface area contributed by atoms with Crippen LogP contribution >= 0.6 is 11.8 Å². The Hall–Kier alpha value is -0.220. The summed E-state index contributed by atoms with van der Waals surface area (Å²) >= 11 is 1.96. The number of carbonyl (C=O) groups is 1. The van der Waals surface area contributed by atoms with Gasteiger partial charge in [0.05, 0.1) is 11.7 Å². The van der Waals surface area contributed by atoms with E-state index in [1.54, 1.807) is 0 Å². The van der Waals surface area contributed by atoms with E-state index in [2.05, 4.69) is 23.4 Å². The first-order valence-electron chi connectivity index (χ1n) is 7.79. The Morgan fingerprint density at radius 2 is 2.00 bits per heavy atom. The first kappa shape index (κ1) is 13.7. The second-order valence-corrected chi connectivity index (χ2v) is 7.83. The zero-order chi connectivity index (χ0) is 13.5. The van der Waals surface area contributed by atoms with Gasteiger partial charge in [-0.3, -0.25) is 10.1 Å². The van der Waals surface area contributed by atoms with Crippen molar-refractivity contribution >= 4 is 17.7 Å². The van der Waals surface area contributed by atoms with Crippen molar-refractivity contribution in [2.45, 2.75) is 74.7 Å². The zero-order valence-corrected chi connectivity index (χ0v) is 13.0. The van der Waals surface area contributed by atoms with Gasteiger partial charge in [-0.2, -0.15) is 11.8 Å². The average molecular weight is 282 g/mol. The quantitative estimate of drug-likeness (QED) is 0.841. The maximum atomic E-state index is 12.9. The molecular weight excluding hydrogens is 256 g/mol. The Morgan fingerprint density at radius 1 is 1.32 bits per heavy atom. The third kappa shape index (κ3) is 2.31. The fourth-order valence-electron chi connectivity index (χ4n) is 3.77. The molecule has 2 aliphatic carbocycles. The number of nitrogens with zero attached hydrogens (tertiary/aromatic N) is 1. The van der Waals surface area contributed by atoms with E-state index in [1.807, 2.05) is 11.8 Å². The summed E-state index contributed by atoms with van der Waals surface area (Å²) in [4.78, 5) is 15.1. The number of rotatable bonds is 5. The Labute approximate surface area is 120 Å². The van der Waals surface area contributed by atoms with Crippen LogP contribution < -0.4 is 5.32 Å². The number of hydrogen-bond acceptors (Lipinski definition) is 3. The minimum absolute atomic E-state index is 0.186. The summed E-state index contributed by atoms with van der Waals surface area (Å²) < 4.78 is 0.382. The lowest BCUT2D eigenvalue weighted by Crippen LogP contribution is -2.44. The van der Waals surface area contributed by atoms with E-state index >= 15 is 0 Å². The van der Waals surface area contributed by atoms with E-state index < -0.39 is 0 Å². The maximum absolute atomic E-state index is 12.9. The summed E-state index contributed by atoms with van der Waals surface area (Å²) in [6.07, 6.45) is 11.8. The Balaban J connectivity index is 1.77. The summed E-state index contributed by atoms with van der Waals surface area (Å²) in [5.41, 5.74) is -0.186. The normalized spacial score (nSPS) is 31.4. The number of carbonyl (C=O) groups excluding carboxylic acids is 1. The van der Waals surface area contributed by atoms with E-state index in [0.717, 1.165) is 32.2 Å². The lowest BCUT2D eigenvalue weighted by atomic mass is 9.98. The van der Waals surface area contributed by atoms with Gasteiger partial charge < -0.3 is 4.90 Å². The van der Waals surface area contributed by atoms with Crippen molar-refractivity contribution in [3.8, 4) is 0 Å². The lowest BCUT2D eigenvalue weighted by molar-refractivity contribution is -0.133. The number of thioether (sulfide) groups is 1. The van der Waals surface area contributed by atoms with E-state index in [0.29, 0.717) is 16.8 Å². The molecule has 1 aliphatic heterocycles. The van der Waals surface area contributed by atoms with Crippen LogP contribution in [0.15, 0.2) is 0 Å². The standard InChI is InChI=1S/C15H26N2OS/c1-3-6-12-16-15(7-4-5-8-15)13(18)17(12)11-14(19-2)9-10-14/h12,16H,3-11H2,1-2H3. The highest BCUT2D eigenvalue weighted by Gasteiger charge is 2.55. The maximum Gasteiger partial charge on any atom is 0.244 e. The van der Waals surface area contributed by atoms with Crippen LogP contribution in [0, 0.1) is 0 Å². The minimum Gasteiger partial charge on any atom is -0.324 e. The number of amides is 1. The van der Waals surface area contributed by atoms with Crippen LogP contribution in [0.25, 0.3) is 0 Å². The van der Waals surface area contributed by atoms with Gasteiger partial charge in [0, 0.05) is 11.3 Å². The Bertz CT molecular complexity index is 361. The molecule has 1 amide bonds. The second kappa shape index (κ2) is 4.96. The zero-order valence-electron chi connectivity index (χ0n) is 12.2. The molecule has 0 aromatic rings.